The first-order chi connectivity index (χ1) is 7.59. The Balaban J connectivity index is 2.35. The average molecular weight is 222 g/mol. The normalized spacial score (nSPS) is 9.56. The van der Waals surface area contributed by atoms with Gasteiger partial charge in [0.25, 0.3) is 5.91 Å². The molecule has 16 heavy (non-hydrogen) atoms. The summed E-state index contributed by atoms with van der Waals surface area (Å²) in [5.74, 6) is -0.575. The fourth-order valence-corrected chi connectivity index (χ4v) is 1.10. The number of amides is 1. The third-order valence-corrected chi connectivity index (χ3v) is 1.87. The van der Waals surface area contributed by atoms with Gasteiger partial charge >= 0.3 is 5.97 Å². The van der Waals surface area contributed by atoms with Gasteiger partial charge in [-0.3, -0.25) is 9.59 Å². The second-order valence-electron chi connectivity index (χ2n) is 3.22. The Kier molecular flexibility index (Phi) is 4.32. The zero-order valence-electron chi connectivity index (χ0n) is 9.03. The Morgan fingerprint density at radius 2 is 1.94 bits per heavy atom. The number of nitrogens with two attached hydrogens (primary N) is 1. The highest BCUT2D eigenvalue weighted by atomic mass is 16.5. The van der Waals surface area contributed by atoms with E-state index in [2.05, 4.69) is 10.1 Å². The van der Waals surface area contributed by atoms with Gasteiger partial charge in [-0.2, -0.15) is 0 Å². The summed E-state index contributed by atoms with van der Waals surface area (Å²) < 4.78 is 4.67. The van der Waals surface area contributed by atoms with Crippen molar-refractivity contribution in [3.05, 3.63) is 29.8 Å². The lowest BCUT2D eigenvalue weighted by molar-refractivity contribution is -0.140. The highest BCUT2D eigenvalue weighted by Gasteiger charge is 2.03. The molecule has 0 aliphatic carbocycles. The Bertz CT molecular complexity index is 373. The molecule has 1 aromatic carbocycles. The zero-order valence-corrected chi connectivity index (χ0v) is 9.03. The summed E-state index contributed by atoms with van der Waals surface area (Å²) in [4.78, 5) is 22.0. The average Bonchev–Trinajstić information content (AvgIpc) is 2.25. The SMILES string of the molecule is CC(=O)OCCNC(=O)c1ccc(N)cc1. The van der Waals surface area contributed by atoms with Crippen LogP contribution in [0.1, 0.15) is 17.3 Å². The summed E-state index contributed by atoms with van der Waals surface area (Å²) in [5.41, 5.74) is 6.63. The van der Waals surface area contributed by atoms with Gasteiger partial charge in [0.2, 0.25) is 0 Å². The molecule has 0 spiro atoms. The van der Waals surface area contributed by atoms with Gasteiger partial charge in [-0.1, -0.05) is 0 Å². The fraction of sp³-hybridized carbons (Fsp3) is 0.273. The molecule has 1 aromatic rings. The van der Waals surface area contributed by atoms with Crippen LogP contribution < -0.4 is 11.1 Å². The van der Waals surface area contributed by atoms with Crippen molar-refractivity contribution in [3.63, 3.8) is 0 Å². The van der Waals surface area contributed by atoms with Crippen molar-refractivity contribution in [2.45, 2.75) is 6.92 Å². The van der Waals surface area contributed by atoms with E-state index in [1.165, 1.54) is 6.92 Å². The standard InChI is InChI=1S/C11H14N2O3/c1-8(14)16-7-6-13-11(15)9-2-4-10(12)5-3-9/h2-5H,6-7,12H2,1H3,(H,13,15). The van der Waals surface area contributed by atoms with Crippen molar-refractivity contribution in [1.82, 2.24) is 5.32 Å². The van der Waals surface area contributed by atoms with Gasteiger partial charge in [-0.25, -0.2) is 0 Å². The number of benzene rings is 1. The second-order valence-corrected chi connectivity index (χ2v) is 3.22. The second kappa shape index (κ2) is 5.75. The molecule has 0 unspecified atom stereocenters. The molecule has 0 aromatic heterocycles. The lowest BCUT2D eigenvalue weighted by Gasteiger charge is -2.05. The van der Waals surface area contributed by atoms with Gasteiger partial charge in [0, 0.05) is 18.2 Å². The van der Waals surface area contributed by atoms with E-state index < -0.39 is 0 Å². The molecule has 5 nitrogen and oxygen atoms in total. The summed E-state index contributed by atoms with van der Waals surface area (Å²) in [6, 6.07) is 6.58. The van der Waals surface area contributed by atoms with Gasteiger partial charge in [0.1, 0.15) is 6.61 Å². The molecule has 0 aliphatic rings. The maximum atomic E-state index is 11.5. The Labute approximate surface area is 93.6 Å². The van der Waals surface area contributed by atoms with Crippen LogP contribution in [0.25, 0.3) is 0 Å². The summed E-state index contributed by atoms with van der Waals surface area (Å²) >= 11 is 0. The molecule has 0 fully saturated rings. The van der Waals surface area contributed by atoms with Gasteiger partial charge in [0.15, 0.2) is 0 Å². The highest BCUT2D eigenvalue weighted by molar-refractivity contribution is 5.94. The summed E-state index contributed by atoms with van der Waals surface area (Å²) in [5, 5.41) is 2.62. The number of hydrogen-bond donors (Lipinski definition) is 2. The summed E-state index contributed by atoms with van der Waals surface area (Å²) in [7, 11) is 0. The topological polar surface area (TPSA) is 81.4 Å². The van der Waals surface area contributed by atoms with Crippen LogP contribution in [0.4, 0.5) is 5.69 Å². The van der Waals surface area contributed by atoms with E-state index in [0.717, 1.165) is 0 Å². The maximum absolute atomic E-state index is 11.5. The monoisotopic (exact) mass is 222 g/mol. The van der Waals surface area contributed by atoms with Crippen molar-refractivity contribution in [2.75, 3.05) is 18.9 Å². The predicted octanol–water partition coefficient (Wildman–Crippen LogP) is 0.562. The van der Waals surface area contributed by atoms with Crippen molar-refractivity contribution in [3.8, 4) is 0 Å². The van der Waals surface area contributed by atoms with E-state index in [4.69, 9.17) is 5.73 Å². The number of anilines is 1. The van der Waals surface area contributed by atoms with Gasteiger partial charge in [0.05, 0.1) is 6.54 Å². The largest absolute Gasteiger partial charge is 0.464 e. The number of rotatable bonds is 4. The van der Waals surface area contributed by atoms with Crippen LogP contribution in [0.2, 0.25) is 0 Å². The number of hydrogen-bond acceptors (Lipinski definition) is 4. The molecule has 1 amide bonds. The smallest absolute Gasteiger partial charge is 0.302 e. The van der Waals surface area contributed by atoms with Gasteiger partial charge in [-0.05, 0) is 24.3 Å². The molecule has 1 rings (SSSR count). The zero-order chi connectivity index (χ0) is 12.0. The van der Waals surface area contributed by atoms with E-state index in [0.29, 0.717) is 17.8 Å². The minimum atomic E-state index is -0.360. The molecule has 0 saturated heterocycles. The summed E-state index contributed by atoms with van der Waals surface area (Å²) in [6.45, 7) is 1.79. The minimum Gasteiger partial charge on any atom is -0.464 e. The van der Waals surface area contributed by atoms with Crippen LogP contribution in [0.5, 0.6) is 0 Å². The molecule has 0 atom stereocenters. The number of carbonyl (C=O) groups is 2. The molecule has 0 radical (unpaired) electrons. The molecule has 0 aliphatic heterocycles. The van der Waals surface area contributed by atoms with Crippen LogP contribution >= 0.6 is 0 Å². The van der Waals surface area contributed by atoms with E-state index in [1.54, 1.807) is 24.3 Å². The third-order valence-electron chi connectivity index (χ3n) is 1.87. The molecule has 0 bridgehead atoms. The van der Waals surface area contributed by atoms with Crippen LogP contribution in [-0.4, -0.2) is 25.0 Å². The molecule has 86 valence electrons. The van der Waals surface area contributed by atoms with Gasteiger partial charge < -0.3 is 15.8 Å². The van der Waals surface area contributed by atoms with Gasteiger partial charge in [-0.15, -0.1) is 0 Å². The Morgan fingerprint density at radius 1 is 1.31 bits per heavy atom. The van der Waals surface area contributed by atoms with Crippen molar-refractivity contribution >= 4 is 17.6 Å². The number of nitrogen functional groups attached to an aromatic ring is 1. The third kappa shape index (κ3) is 4.00. The number of ether oxygens (including phenoxy) is 1. The van der Waals surface area contributed by atoms with Crippen molar-refractivity contribution < 1.29 is 14.3 Å². The lowest BCUT2D eigenvalue weighted by Crippen LogP contribution is -2.27. The summed E-state index contributed by atoms with van der Waals surface area (Å²) in [6.07, 6.45) is 0. The first kappa shape index (κ1) is 12.0. The highest BCUT2D eigenvalue weighted by Crippen LogP contribution is 2.04. The molecule has 0 saturated carbocycles. The predicted molar refractivity (Wildman–Crippen MR) is 59.8 cm³/mol. The number of esters is 1. The van der Waals surface area contributed by atoms with Crippen LogP contribution in [0.3, 0.4) is 0 Å². The molecule has 5 heteroatoms. The Hall–Kier alpha value is -2.04. The fourth-order valence-electron chi connectivity index (χ4n) is 1.10. The molecule has 0 heterocycles. The van der Waals surface area contributed by atoms with E-state index in [1.807, 2.05) is 0 Å². The van der Waals surface area contributed by atoms with Crippen molar-refractivity contribution in [2.24, 2.45) is 0 Å². The quantitative estimate of drug-likeness (QED) is 0.443. The first-order valence-electron chi connectivity index (χ1n) is 4.86. The first-order valence-corrected chi connectivity index (χ1v) is 4.86. The number of carbonyl (C=O) groups excluding carboxylic acids is 2. The van der Waals surface area contributed by atoms with Crippen LogP contribution in [0.15, 0.2) is 24.3 Å². The minimum absolute atomic E-state index is 0.177. The van der Waals surface area contributed by atoms with Crippen LogP contribution in [0, 0.1) is 0 Å². The van der Waals surface area contributed by atoms with E-state index in [9.17, 15) is 9.59 Å². The number of nitrogens with one attached hydrogen (secondary N) is 1. The van der Waals surface area contributed by atoms with E-state index in [-0.39, 0.29) is 18.5 Å². The van der Waals surface area contributed by atoms with Crippen molar-refractivity contribution in [1.29, 1.82) is 0 Å². The lowest BCUT2D eigenvalue weighted by atomic mass is 10.2. The molecule has 3 N–H and O–H groups in total. The van der Waals surface area contributed by atoms with E-state index >= 15 is 0 Å². The molecular formula is C11H14N2O3. The van der Waals surface area contributed by atoms with Crippen LogP contribution in [-0.2, 0) is 9.53 Å². The molecular weight excluding hydrogens is 208 g/mol. The Morgan fingerprint density at radius 3 is 2.50 bits per heavy atom. The maximum Gasteiger partial charge on any atom is 0.302 e.